The van der Waals surface area contributed by atoms with Gasteiger partial charge in [0.05, 0.1) is 38.6 Å². The second kappa shape index (κ2) is 21.6. The molecule has 452 valence electrons. The van der Waals surface area contributed by atoms with E-state index in [1.165, 1.54) is 60.0 Å². The highest BCUT2D eigenvalue weighted by Crippen LogP contribution is 2.48. The average Bonchev–Trinajstić information content (AvgIpc) is 1.56. The first-order chi connectivity index (χ1) is 47.0. The monoisotopic (exact) mass is 1250 g/mol. The van der Waals surface area contributed by atoms with E-state index in [9.17, 15) is 0 Å². The van der Waals surface area contributed by atoms with Crippen LogP contribution in [-0.2, 0) is 6.42 Å². The van der Waals surface area contributed by atoms with Crippen molar-refractivity contribution in [2.45, 2.75) is 13.8 Å². The number of hydrogen-bond donors (Lipinski definition) is 0. The first-order valence-electron chi connectivity index (χ1n) is 31.7. The van der Waals surface area contributed by atoms with Gasteiger partial charge in [0, 0.05) is 60.6 Å². The SMILES string of the molecule is C.Clc1nc(-c2ccccc2)c2c(n1)oc1ccccc12.c1ccc(-c2nc(-n3c4c5ccccc5ccc4c4ccc5oc6cc7ccccc7cc6c5c43)nc3oc4ccccc4c23)cc1.c1ccc2cc3c(cc2c1)oc1ccc2c(c13)Cc1c-2ccc2ccccc12. The molecule has 9 nitrogen and oxygen atoms in total. The molecule has 0 fully saturated rings. The molecule has 0 atom stereocenters. The molecule has 96 heavy (non-hydrogen) atoms. The Morgan fingerprint density at radius 3 is 1.38 bits per heavy atom. The Hall–Kier alpha value is -12.4. The molecule has 1 aliphatic rings. The summed E-state index contributed by atoms with van der Waals surface area (Å²) in [6.07, 6.45) is 0.963. The molecule has 0 spiro atoms. The van der Waals surface area contributed by atoms with Crippen LogP contribution < -0.4 is 0 Å². The van der Waals surface area contributed by atoms with Crippen LogP contribution in [0, 0.1) is 0 Å². The van der Waals surface area contributed by atoms with Crippen molar-refractivity contribution in [2.75, 3.05) is 0 Å². The molecule has 7 aromatic heterocycles. The highest BCUT2D eigenvalue weighted by Gasteiger charge is 2.28. The lowest BCUT2D eigenvalue weighted by molar-refractivity contribution is 0.651. The Morgan fingerprint density at radius 1 is 0.292 bits per heavy atom. The van der Waals surface area contributed by atoms with E-state index in [0.717, 1.165) is 133 Å². The summed E-state index contributed by atoms with van der Waals surface area (Å²) >= 11 is 6.02. The van der Waals surface area contributed by atoms with Crippen LogP contribution in [0.4, 0.5) is 0 Å². The maximum Gasteiger partial charge on any atom is 0.238 e. The van der Waals surface area contributed by atoms with Gasteiger partial charge in [0.15, 0.2) is 0 Å². The molecule has 0 amide bonds. The Morgan fingerprint density at radius 2 is 0.740 bits per heavy atom. The number of aromatic nitrogens is 5. The fourth-order valence-electron chi connectivity index (χ4n) is 14.9. The quantitative estimate of drug-likeness (QED) is 0.161. The summed E-state index contributed by atoms with van der Waals surface area (Å²) in [4.78, 5) is 19.2. The van der Waals surface area contributed by atoms with E-state index in [1.807, 2.05) is 91.0 Å². The molecule has 0 saturated carbocycles. The number of nitrogens with zero attached hydrogens (tertiary/aromatic N) is 5. The number of halogens is 1. The predicted octanol–water partition coefficient (Wildman–Crippen LogP) is 24.1. The standard InChI is InChI=1S/C42H23N3O2.C27H16O.C16H9ClN2O.CH4/c1-2-11-25(12-3-1)38-37-31-16-8-9-17-33(31)47-41(37)44-42(43-38)45-39-28-15-7-6-10-24(28)18-19-29(39)30-20-21-34-36(40(30)45)32-22-26-13-4-5-14-27(26)23-35(32)46-34;1-2-7-18-14-26-24(13-17(18)6-1)27-23-15-22-19-8-4-3-5-16(19)9-10-20(22)21(23)11-12-25(27)28-26;17-16-18-14(10-6-2-1-3-7-10)13-11-8-4-5-9-12(11)20-15(13)19-16;/h1-23H;1-14H,15H2;1-9H;1H4. The number of para-hydroxylation sites is 2. The van der Waals surface area contributed by atoms with Gasteiger partial charge >= 0.3 is 0 Å². The fraction of sp³-hybridized carbons (Fsp3) is 0.0233. The second-order valence-corrected chi connectivity index (χ2v) is 24.7. The maximum absolute atomic E-state index is 6.57. The van der Waals surface area contributed by atoms with Gasteiger partial charge in [0.1, 0.15) is 33.5 Å². The minimum absolute atomic E-state index is 0. The largest absolute Gasteiger partial charge is 0.456 e. The van der Waals surface area contributed by atoms with E-state index in [2.05, 4.69) is 203 Å². The first-order valence-corrected chi connectivity index (χ1v) is 32.1. The molecule has 0 aliphatic heterocycles. The van der Waals surface area contributed by atoms with Crippen LogP contribution in [0.3, 0.4) is 0 Å². The van der Waals surface area contributed by atoms with Crippen molar-refractivity contribution in [3.8, 4) is 39.6 Å². The molecule has 0 unspecified atom stereocenters. The number of fused-ring (bicyclic) bond motifs is 26. The van der Waals surface area contributed by atoms with E-state index in [4.69, 9.17) is 39.2 Å². The summed E-state index contributed by atoms with van der Waals surface area (Å²) < 4.78 is 27.3. The zero-order valence-electron chi connectivity index (χ0n) is 50.5. The Labute approximate surface area is 552 Å². The Bertz CT molecular complexity index is 6780. The third kappa shape index (κ3) is 8.50. The van der Waals surface area contributed by atoms with E-state index in [-0.39, 0.29) is 12.7 Å². The smallest absolute Gasteiger partial charge is 0.238 e. The zero-order valence-corrected chi connectivity index (χ0v) is 51.3. The Balaban J connectivity index is 0.000000112. The lowest BCUT2D eigenvalue weighted by Crippen LogP contribution is -2.03. The molecule has 10 heteroatoms. The van der Waals surface area contributed by atoms with Crippen LogP contribution in [0.2, 0.25) is 5.28 Å². The van der Waals surface area contributed by atoms with E-state index in [1.54, 1.807) is 0 Å². The normalized spacial score (nSPS) is 12.1. The van der Waals surface area contributed by atoms with Crippen LogP contribution >= 0.6 is 11.6 Å². The summed E-state index contributed by atoms with van der Waals surface area (Å²) in [6, 6.07) is 96.8. The lowest BCUT2D eigenvalue weighted by atomic mass is 9.99. The number of furan rings is 4. The van der Waals surface area contributed by atoms with Gasteiger partial charge in [-0.1, -0.05) is 232 Å². The maximum atomic E-state index is 6.57. The van der Waals surface area contributed by atoms with Crippen LogP contribution in [0.5, 0.6) is 0 Å². The van der Waals surface area contributed by atoms with Crippen molar-refractivity contribution < 1.29 is 17.7 Å². The molecule has 22 rings (SSSR count). The van der Waals surface area contributed by atoms with Gasteiger partial charge in [-0.3, -0.25) is 4.57 Å². The van der Waals surface area contributed by atoms with Crippen molar-refractivity contribution >= 4 is 165 Å². The minimum atomic E-state index is 0. The molecule has 21 aromatic rings. The predicted molar refractivity (Wildman–Crippen MR) is 395 cm³/mol. The van der Waals surface area contributed by atoms with Gasteiger partial charge in [0.2, 0.25) is 22.7 Å². The summed E-state index contributed by atoms with van der Waals surface area (Å²) in [5, 5.41) is 20.6. The summed E-state index contributed by atoms with van der Waals surface area (Å²) in [5.74, 6) is 0.550. The van der Waals surface area contributed by atoms with Crippen molar-refractivity contribution in [1.82, 2.24) is 24.5 Å². The van der Waals surface area contributed by atoms with Crippen LogP contribution in [-0.4, -0.2) is 24.5 Å². The highest BCUT2D eigenvalue weighted by atomic mass is 35.5. The summed E-state index contributed by atoms with van der Waals surface area (Å²) in [7, 11) is 0. The van der Waals surface area contributed by atoms with Gasteiger partial charge in [-0.05, 0) is 126 Å². The molecule has 0 N–H and O–H groups in total. The van der Waals surface area contributed by atoms with Crippen molar-refractivity contribution in [2.24, 2.45) is 0 Å². The van der Waals surface area contributed by atoms with Crippen LogP contribution in [0.1, 0.15) is 18.6 Å². The van der Waals surface area contributed by atoms with Crippen LogP contribution in [0.15, 0.2) is 297 Å². The molecular formula is C86H52ClN5O4. The lowest BCUT2D eigenvalue weighted by Gasteiger charge is -2.11. The number of benzene rings is 14. The highest BCUT2D eigenvalue weighted by molar-refractivity contribution is 6.30. The van der Waals surface area contributed by atoms with Gasteiger partial charge < -0.3 is 17.7 Å². The third-order valence-electron chi connectivity index (χ3n) is 19.1. The summed E-state index contributed by atoms with van der Waals surface area (Å²) in [6.45, 7) is 0. The molecule has 14 aromatic carbocycles. The third-order valence-corrected chi connectivity index (χ3v) is 19.3. The van der Waals surface area contributed by atoms with E-state index >= 15 is 0 Å². The van der Waals surface area contributed by atoms with E-state index in [0.29, 0.717) is 17.4 Å². The van der Waals surface area contributed by atoms with Gasteiger partial charge in [-0.25, -0.2) is 9.97 Å². The molecule has 0 saturated heterocycles. The molecular weight excluding hydrogens is 1200 g/mol. The van der Waals surface area contributed by atoms with Gasteiger partial charge in [-0.2, -0.15) is 9.97 Å². The van der Waals surface area contributed by atoms with Crippen LogP contribution in [0.25, 0.3) is 193 Å². The van der Waals surface area contributed by atoms with E-state index < -0.39 is 0 Å². The average molecular weight is 1250 g/mol. The topological polar surface area (TPSA) is 109 Å². The zero-order chi connectivity index (χ0) is 62.4. The fourth-order valence-corrected chi connectivity index (χ4v) is 15.1. The van der Waals surface area contributed by atoms with Gasteiger partial charge in [0.25, 0.3) is 0 Å². The number of hydrogen-bond acceptors (Lipinski definition) is 8. The number of rotatable bonds is 3. The molecule has 0 bridgehead atoms. The molecule has 0 radical (unpaired) electrons. The summed E-state index contributed by atoms with van der Waals surface area (Å²) in [5.41, 5.74) is 17.5. The van der Waals surface area contributed by atoms with Crippen molar-refractivity contribution in [3.63, 3.8) is 0 Å². The minimum Gasteiger partial charge on any atom is -0.456 e. The molecule has 1 aliphatic carbocycles. The van der Waals surface area contributed by atoms with Crippen molar-refractivity contribution in [3.05, 3.63) is 295 Å². The first kappa shape index (κ1) is 55.2. The van der Waals surface area contributed by atoms with Crippen molar-refractivity contribution in [1.29, 1.82) is 0 Å². The Kier molecular flexibility index (Phi) is 12.4. The second-order valence-electron chi connectivity index (χ2n) is 24.4. The van der Waals surface area contributed by atoms with Gasteiger partial charge in [-0.15, -0.1) is 0 Å². The molecule has 7 heterocycles.